The predicted octanol–water partition coefficient (Wildman–Crippen LogP) is 3.15. The lowest BCUT2D eigenvalue weighted by Crippen LogP contribution is -2.27. The first-order valence-electron chi connectivity index (χ1n) is 6.21. The number of rotatable bonds is 4. The minimum absolute atomic E-state index is 0.171. The molecule has 2 aromatic rings. The van der Waals surface area contributed by atoms with E-state index >= 15 is 0 Å². The van der Waals surface area contributed by atoms with Gasteiger partial charge in [0.25, 0.3) is 5.91 Å². The highest BCUT2D eigenvalue weighted by molar-refractivity contribution is 6.29. The fourth-order valence-corrected chi connectivity index (χ4v) is 2.04. The van der Waals surface area contributed by atoms with Crippen molar-refractivity contribution in [2.75, 3.05) is 14.2 Å². The molecule has 2 rings (SSSR count). The van der Waals surface area contributed by atoms with Crippen LogP contribution in [0, 0.1) is 5.82 Å². The number of halogens is 2. The fraction of sp³-hybridized carbons (Fsp3) is 0.200. The van der Waals surface area contributed by atoms with Gasteiger partial charge < -0.3 is 9.64 Å². The number of hydrogen-bond donors (Lipinski definition) is 0. The van der Waals surface area contributed by atoms with Crippen molar-refractivity contribution in [3.63, 3.8) is 0 Å². The number of carbonyl (C=O) groups excluding carboxylic acids is 1. The maximum absolute atomic E-state index is 13.6. The maximum atomic E-state index is 13.6. The Balaban J connectivity index is 2.12. The van der Waals surface area contributed by atoms with E-state index in [-0.39, 0.29) is 29.0 Å². The predicted molar refractivity (Wildman–Crippen MR) is 78.0 cm³/mol. The number of hydrogen-bond acceptors (Lipinski definition) is 3. The summed E-state index contributed by atoms with van der Waals surface area (Å²) in [6.07, 6.45) is 0. The van der Waals surface area contributed by atoms with Gasteiger partial charge >= 0.3 is 0 Å². The van der Waals surface area contributed by atoms with Crippen LogP contribution in [0.2, 0.25) is 5.15 Å². The summed E-state index contributed by atoms with van der Waals surface area (Å²) in [6.45, 7) is 0.258. The molecule has 0 atom stereocenters. The Labute approximate surface area is 127 Å². The van der Waals surface area contributed by atoms with Gasteiger partial charge in [-0.2, -0.15) is 0 Å². The summed E-state index contributed by atoms with van der Waals surface area (Å²) >= 11 is 5.76. The molecule has 110 valence electrons. The third-order valence-electron chi connectivity index (χ3n) is 2.92. The van der Waals surface area contributed by atoms with Crippen LogP contribution in [0.25, 0.3) is 0 Å². The molecule has 0 unspecified atom stereocenters. The molecule has 6 heteroatoms. The van der Waals surface area contributed by atoms with Gasteiger partial charge in [0.2, 0.25) is 0 Å². The molecule has 1 aromatic heterocycles. The second-order valence-electron chi connectivity index (χ2n) is 4.48. The highest BCUT2D eigenvalue weighted by atomic mass is 35.5. The lowest BCUT2D eigenvalue weighted by atomic mass is 10.2. The first-order chi connectivity index (χ1) is 10.0. The Morgan fingerprint density at radius 1 is 1.38 bits per heavy atom. The molecule has 0 saturated heterocycles. The van der Waals surface area contributed by atoms with Crippen LogP contribution in [0.15, 0.2) is 36.4 Å². The Morgan fingerprint density at radius 2 is 2.14 bits per heavy atom. The quantitative estimate of drug-likeness (QED) is 0.815. The van der Waals surface area contributed by atoms with Crippen LogP contribution in [0.3, 0.4) is 0 Å². The van der Waals surface area contributed by atoms with Crippen LogP contribution in [-0.2, 0) is 6.54 Å². The second kappa shape index (κ2) is 6.54. The van der Waals surface area contributed by atoms with Crippen molar-refractivity contribution in [3.05, 3.63) is 58.6 Å². The molecular weight excluding hydrogens is 295 g/mol. The number of nitrogens with zero attached hydrogens (tertiary/aromatic N) is 2. The molecule has 0 fully saturated rings. The van der Waals surface area contributed by atoms with E-state index in [1.807, 2.05) is 0 Å². The van der Waals surface area contributed by atoms with E-state index in [2.05, 4.69) is 4.98 Å². The van der Waals surface area contributed by atoms with Crippen molar-refractivity contribution in [2.45, 2.75) is 6.54 Å². The van der Waals surface area contributed by atoms with E-state index in [1.54, 1.807) is 31.3 Å². The molecule has 0 N–H and O–H groups in total. The number of pyridine rings is 1. The standard InChI is InChI=1S/C15H14ClFN2O2/c1-19(15(20)12-4-3-5-14(16)18-12)9-10-6-7-13(21-2)11(17)8-10/h3-8H,9H2,1-2H3. The molecule has 0 aliphatic heterocycles. The van der Waals surface area contributed by atoms with E-state index in [9.17, 15) is 9.18 Å². The first-order valence-corrected chi connectivity index (χ1v) is 6.59. The fourth-order valence-electron chi connectivity index (χ4n) is 1.88. The third kappa shape index (κ3) is 3.70. The molecule has 0 radical (unpaired) electrons. The van der Waals surface area contributed by atoms with Crippen LogP contribution in [0.1, 0.15) is 16.1 Å². The largest absolute Gasteiger partial charge is 0.494 e. The summed E-state index contributed by atoms with van der Waals surface area (Å²) in [4.78, 5) is 17.6. The van der Waals surface area contributed by atoms with Crippen molar-refractivity contribution in [1.29, 1.82) is 0 Å². The van der Waals surface area contributed by atoms with Gasteiger partial charge in [-0.05, 0) is 29.8 Å². The number of amides is 1. The van der Waals surface area contributed by atoms with E-state index in [1.165, 1.54) is 24.1 Å². The van der Waals surface area contributed by atoms with Gasteiger partial charge in [-0.3, -0.25) is 4.79 Å². The monoisotopic (exact) mass is 308 g/mol. The van der Waals surface area contributed by atoms with Crippen LogP contribution in [0.4, 0.5) is 4.39 Å². The molecule has 1 heterocycles. The molecule has 4 nitrogen and oxygen atoms in total. The van der Waals surface area contributed by atoms with Gasteiger partial charge in [0, 0.05) is 13.6 Å². The van der Waals surface area contributed by atoms with Crippen LogP contribution < -0.4 is 4.74 Å². The van der Waals surface area contributed by atoms with Gasteiger partial charge in [-0.25, -0.2) is 9.37 Å². The minimum atomic E-state index is -0.461. The molecular formula is C15H14ClFN2O2. The summed E-state index contributed by atoms with van der Waals surface area (Å²) in [7, 11) is 3.02. The lowest BCUT2D eigenvalue weighted by molar-refractivity contribution is 0.0779. The maximum Gasteiger partial charge on any atom is 0.272 e. The topological polar surface area (TPSA) is 42.4 Å². The average molecular weight is 309 g/mol. The average Bonchev–Trinajstić information content (AvgIpc) is 2.46. The zero-order valence-corrected chi connectivity index (χ0v) is 12.4. The number of benzene rings is 1. The second-order valence-corrected chi connectivity index (χ2v) is 4.86. The Bertz CT molecular complexity index is 664. The highest BCUT2D eigenvalue weighted by Gasteiger charge is 2.14. The number of ether oxygens (including phenoxy) is 1. The number of methoxy groups -OCH3 is 1. The molecule has 0 bridgehead atoms. The van der Waals surface area contributed by atoms with Gasteiger partial charge in [0.1, 0.15) is 10.8 Å². The lowest BCUT2D eigenvalue weighted by Gasteiger charge is -2.17. The summed E-state index contributed by atoms with van der Waals surface area (Å²) < 4.78 is 18.5. The molecule has 1 aromatic carbocycles. The van der Waals surface area contributed by atoms with E-state index in [4.69, 9.17) is 16.3 Å². The number of carbonyl (C=O) groups is 1. The van der Waals surface area contributed by atoms with Crippen molar-refractivity contribution >= 4 is 17.5 Å². The highest BCUT2D eigenvalue weighted by Crippen LogP contribution is 2.19. The van der Waals surface area contributed by atoms with Gasteiger partial charge in [-0.15, -0.1) is 0 Å². The Kier molecular flexibility index (Phi) is 4.75. The van der Waals surface area contributed by atoms with E-state index in [0.717, 1.165) is 0 Å². The molecule has 0 saturated carbocycles. The van der Waals surface area contributed by atoms with Crippen molar-refractivity contribution in [3.8, 4) is 5.75 Å². The Morgan fingerprint density at radius 3 is 2.76 bits per heavy atom. The van der Waals surface area contributed by atoms with Crippen LogP contribution in [0.5, 0.6) is 5.75 Å². The number of aromatic nitrogens is 1. The summed E-state index contributed by atoms with van der Waals surface area (Å²) in [5.74, 6) is -0.574. The minimum Gasteiger partial charge on any atom is -0.494 e. The Hall–Kier alpha value is -2.14. The van der Waals surface area contributed by atoms with Gasteiger partial charge in [0.05, 0.1) is 7.11 Å². The van der Waals surface area contributed by atoms with Crippen molar-refractivity contribution in [1.82, 2.24) is 9.88 Å². The summed E-state index contributed by atoms with van der Waals surface area (Å²) in [5, 5.41) is 0.254. The first kappa shape index (κ1) is 15.3. The van der Waals surface area contributed by atoms with Crippen LogP contribution in [-0.4, -0.2) is 29.9 Å². The van der Waals surface area contributed by atoms with Gasteiger partial charge in [0.15, 0.2) is 11.6 Å². The smallest absolute Gasteiger partial charge is 0.272 e. The molecule has 1 amide bonds. The van der Waals surface area contributed by atoms with E-state index < -0.39 is 5.82 Å². The zero-order chi connectivity index (χ0) is 15.4. The van der Waals surface area contributed by atoms with Crippen LogP contribution >= 0.6 is 11.6 Å². The summed E-state index contributed by atoms with van der Waals surface area (Å²) in [5.41, 5.74) is 0.908. The van der Waals surface area contributed by atoms with Gasteiger partial charge in [-0.1, -0.05) is 23.7 Å². The van der Waals surface area contributed by atoms with E-state index in [0.29, 0.717) is 5.56 Å². The zero-order valence-electron chi connectivity index (χ0n) is 11.6. The third-order valence-corrected chi connectivity index (χ3v) is 3.13. The van der Waals surface area contributed by atoms with Crippen molar-refractivity contribution < 1.29 is 13.9 Å². The molecule has 21 heavy (non-hydrogen) atoms. The molecule has 0 aliphatic rings. The summed E-state index contributed by atoms with van der Waals surface area (Å²) in [6, 6.07) is 9.41. The van der Waals surface area contributed by atoms with Crippen molar-refractivity contribution in [2.24, 2.45) is 0 Å². The SMILES string of the molecule is COc1ccc(CN(C)C(=O)c2cccc(Cl)n2)cc1F. The molecule has 0 aliphatic carbocycles. The molecule has 0 spiro atoms. The normalized spacial score (nSPS) is 10.3.